The topological polar surface area (TPSA) is 69.4 Å². The number of sulfone groups is 1. The number of ether oxygens (including phenoxy) is 1. The van der Waals surface area contributed by atoms with Gasteiger partial charge in [0.15, 0.2) is 27.2 Å². The first-order valence-corrected chi connectivity index (χ1v) is 7.39. The normalized spacial score (nSPS) is 11.3. The van der Waals surface area contributed by atoms with E-state index < -0.39 is 27.2 Å². The second-order valence-electron chi connectivity index (χ2n) is 4.16. The Morgan fingerprint density at radius 1 is 1.10 bits per heavy atom. The monoisotopic (exact) mass is 299 g/mol. The smallest absolute Gasteiger partial charge is 0.198 e. The molecule has 0 saturated carbocycles. The summed E-state index contributed by atoms with van der Waals surface area (Å²) in [5.74, 6) is -2.56. The molecule has 0 aromatic heterocycles. The third-order valence-electron chi connectivity index (χ3n) is 2.47. The average molecular weight is 299 g/mol. The summed E-state index contributed by atoms with van der Waals surface area (Å²) in [7, 11) is -3.43. The molecule has 0 heterocycles. The Labute approximate surface area is 114 Å². The Morgan fingerprint density at radius 3 is 2.25 bits per heavy atom. The number of nitrogen functional groups attached to an aromatic ring is 1. The van der Waals surface area contributed by atoms with Gasteiger partial charge in [0.2, 0.25) is 0 Å². The van der Waals surface area contributed by atoms with Gasteiger partial charge in [0, 0.05) is 24.1 Å². The van der Waals surface area contributed by atoms with Gasteiger partial charge in [-0.05, 0) is 18.2 Å². The third-order valence-corrected chi connectivity index (χ3v) is 3.58. The van der Waals surface area contributed by atoms with Crippen molar-refractivity contribution >= 4 is 15.5 Å². The maximum atomic E-state index is 13.6. The van der Waals surface area contributed by atoms with Crippen LogP contribution in [0.1, 0.15) is 0 Å². The van der Waals surface area contributed by atoms with Crippen LogP contribution in [0.5, 0.6) is 11.5 Å². The van der Waals surface area contributed by atoms with Crippen LogP contribution in [-0.2, 0) is 9.84 Å². The predicted octanol–water partition coefficient (Wildman–Crippen LogP) is 2.74. The number of hydrogen-bond acceptors (Lipinski definition) is 4. The standard InChI is InChI=1S/C13H11F2NO3S/c1-20(17,18)10-4-2-3-9(7-10)19-13-11(14)5-8(16)6-12(13)15/h2-7H,16H2,1H3. The molecule has 2 aromatic rings. The molecular formula is C13H11F2NO3S. The first-order chi connectivity index (χ1) is 9.27. The highest BCUT2D eigenvalue weighted by Gasteiger charge is 2.14. The molecule has 4 nitrogen and oxygen atoms in total. The van der Waals surface area contributed by atoms with E-state index in [-0.39, 0.29) is 16.3 Å². The molecular weight excluding hydrogens is 288 g/mol. The Hall–Kier alpha value is -2.15. The Bertz CT molecular complexity index is 737. The minimum atomic E-state index is -3.43. The van der Waals surface area contributed by atoms with Crippen LogP contribution in [-0.4, -0.2) is 14.7 Å². The Kier molecular flexibility index (Phi) is 3.63. The molecule has 0 fully saturated rings. The van der Waals surface area contributed by atoms with Crippen molar-refractivity contribution in [3.8, 4) is 11.5 Å². The summed E-state index contributed by atoms with van der Waals surface area (Å²) >= 11 is 0. The van der Waals surface area contributed by atoms with Crippen LogP contribution in [0.4, 0.5) is 14.5 Å². The van der Waals surface area contributed by atoms with Crippen molar-refractivity contribution in [3.63, 3.8) is 0 Å². The van der Waals surface area contributed by atoms with Gasteiger partial charge in [-0.1, -0.05) is 6.07 Å². The van der Waals surface area contributed by atoms with Gasteiger partial charge < -0.3 is 10.5 Å². The predicted molar refractivity (Wildman–Crippen MR) is 70.4 cm³/mol. The van der Waals surface area contributed by atoms with Crippen LogP contribution in [0.2, 0.25) is 0 Å². The number of rotatable bonds is 3. The molecule has 2 aromatic carbocycles. The molecule has 0 aliphatic carbocycles. The minimum Gasteiger partial charge on any atom is -0.451 e. The summed E-state index contributed by atoms with van der Waals surface area (Å²) in [6, 6.07) is 7.18. The number of nitrogens with two attached hydrogens (primary N) is 1. The van der Waals surface area contributed by atoms with E-state index in [0.717, 1.165) is 18.4 Å². The largest absolute Gasteiger partial charge is 0.451 e. The van der Waals surface area contributed by atoms with Crippen LogP contribution in [0.15, 0.2) is 41.3 Å². The van der Waals surface area contributed by atoms with Crippen LogP contribution < -0.4 is 10.5 Å². The van der Waals surface area contributed by atoms with Crippen LogP contribution in [0.3, 0.4) is 0 Å². The molecule has 0 atom stereocenters. The molecule has 0 aliphatic heterocycles. The zero-order valence-electron chi connectivity index (χ0n) is 10.4. The fourth-order valence-corrected chi connectivity index (χ4v) is 2.22. The first-order valence-electron chi connectivity index (χ1n) is 5.50. The van der Waals surface area contributed by atoms with Gasteiger partial charge in [-0.3, -0.25) is 0 Å². The van der Waals surface area contributed by atoms with Crippen LogP contribution >= 0.6 is 0 Å². The summed E-state index contributed by atoms with van der Waals surface area (Å²) in [6.45, 7) is 0. The van der Waals surface area contributed by atoms with Crippen molar-refractivity contribution in [2.75, 3.05) is 12.0 Å². The van der Waals surface area contributed by atoms with Gasteiger partial charge in [0.1, 0.15) is 5.75 Å². The molecule has 2 rings (SSSR count). The highest BCUT2D eigenvalue weighted by Crippen LogP contribution is 2.30. The van der Waals surface area contributed by atoms with Gasteiger partial charge in [-0.2, -0.15) is 0 Å². The highest BCUT2D eigenvalue weighted by molar-refractivity contribution is 7.90. The van der Waals surface area contributed by atoms with E-state index >= 15 is 0 Å². The second-order valence-corrected chi connectivity index (χ2v) is 6.18. The molecule has 106 valence electrons. The quantitative estimate of drug-likeness (QED) is 0.885. The van der Waals surface area contributed by atoms with E-state index in [1.54, 1.807) is 0 Å². The fraction of sp³-hybridized carbons (Fsp3) is 0.0769. The van der Waals surface area contributed by atoms with Gasteiger partial charge in [-0.25, -0.2) is 17.2 Å². The van der Waals surface area contributed by atoms with Crippen LogP contribution in [0.25, 0.3) is 0 Å². The Morgan fingerprint density at radius 2 is 1.70 bits per heavy atom. The molecule has 0 amide bonds. The lowest BCUT2D eigenvalue weighted by atomic mass is 10.2. The van der Waals surface area contributed by atoms with Crippen LogP contribution in [0, 0.1) is 11.6 Å². The highest BCUT2D eigenvalue weighted by atomic mass is 32.2. The third kappa shape index (κ3) is 3.05. The van der Waals surface area contributed by atoms with Gasteiger partial charge >= 0.3 is 0 Å². The molecule has 0 spiro atoms. The molecule has 0 bridgehead atoms. The lowest BCUT2D eigenvalue weighted by Gasteiger charge is -2.09. The average Bonchev–Trinajstić information content (AvgIpc) is 2.33. The zero-order valence-corrected chi connectivity index (χ0v) is 11.2. The summed E-state index contributed by atoms with van der Waals surface area (Å²) in [4.78, 5) is -0.00809. The lowest BCUT2D eigenvalue weighted by Crippen LogP contribution is -1.99. The molecule has 7 heteroatoms. The second kappa shape index (κ2) is 5.09. The van der Waals surface area contributed by atoms with Crippen molar-refractivity contribution in [1.29, 1.82) is 0 Å². The number of benzene rings is 2. The number of anilines is 1. The molecule has 0 aliphatic rings. The molecule has 20 heavy (non-hydrogen) atoms. The van der Waals surface area contributed by atoms with Gasteiger partial charge in [-0.15, -0.1) is 0 Å². The number of halogens is 2. The van der Waals surface area contributed by atoms with Crippen molar-refractivity contribution < 1.29 is 21.9 Å². The molecule has 0 radical (unpaired) electrons. The minimum absolute atomic E-state index is 0.00809. The van der Waals surface area contributed by atoms with Crippen molar-refractivity contribution in [3.05, 3.63) is 48.0 Å². The van der Waals surface area contributed by atoms with E-state index in [2.05, 4.69) is 0 Å². The lowest BCUT2D eigenvalue weighted by molar-refractivity contribution is 0.407. The van der Waals surface area contributed by atoms with E-state index in [1.807, 2.05) is 0 Å². The summed E-state index contributed by atoms with van der Waals surface area (Å²) in [5, 5.41) is 0. The van der Waals surface area contributed by atoms with Crippen molar-refractivity contribution in [1.82, 2.24) is 0 Å². The molecule has 2 N–H and O–H groups in total. The SMILES string of the molecule is CS(=O)(=O)c1cccc(Oc2c(F)cc(N)cc2F)c1. The Balaban J connectivity index is 2.41. The van der Waals surface area contributed by atoms with Gasteiger partial charge in [0.05, 0.1) is 4.90 Å². The summed E-state index contributed by atoms with van der Waals surface area (Å²) in [6.07, 6.45) is 1.02. The van der Waals surface area contributed by atoms with E-state index in [9.17, 15) is 17.2 Å². The van der Waals surface area contributed by atoms with Crippen molar-refractivity contribution in [2.45, 2.75) is 4.90 Å². The first kappa shape index (κ1) is 14.3. The molecule has 0 unspecified atom stereocenters. The fourth-order valence-electron chi connectivity index (χ4n) is 1.56. The number of hydrogen-bond donors (Lipinski definition) is 1. The van der Waals surface area contributed by atoms with Gasteiger partial charge in [0.25, 0.3) is 0 Å². The van der Waals surface area contributed by atoms with E-state index in [1.165, 1.54) is 24.3 Å². The maximum absolute atomic E-state index is 13.6. The van der Waals surface area contributed by atoms with E-state index in [4.69, 9.17) is 10.5 Å². The maximum Gasteiger partial charge on any atom is 0.198 e. The summed E-state index contributed by atoms with van der Waals surface area (Å²) < 4.78 is 55.0. The molecule has 0 saturated heterocycles. The van der Waals surface area contributed by atoms with E-state index in [0.29, 0.717) is 0 Å². The zero-order chi connectivity index (χ0) is 14.9. The van der Waals surface area contributed by atoms with Crippen molar-refractivity contribution in [2.24, 2.45) is 0 Å². The summed E-state index contributed by atoms with van der Waals surface area (Å²) in [5.41, 5.74) is 5.22.